The maximum Gasteiger partial charge on any atom is 0.513 e. The predicted molar refractivity (Wildman–Crippen MR) is 108 cm³/mol. The smallest absolute Gasteiger partial charge is 0.449 e. The van der Waals surface area contributed by atoms with Gasteiger partial charge in [-0.2, -0.15) is 9.97 Å². The molecule has 1 fully saturated rings. The van der Waals surface area contributed by atoms with E-state index >= 15 is 0 Å². The summed E-state index contributed by atoms with van der Waals surface area (Å²) < 4.78 is 6.92. The first-order chi connectivity index (χ1) is 13.5. The van der Waals surface area contributed by atoms with Gasteiger partial charge in [0.05, 0.1) is 11.0 Å². The van der Waals surface area contributed by atoms with E-state index in [0.29, 0.717) is 22.2 Å². The minimum absolute atomic E-state index is 0.181. The van der Waals surface area contributed by atoms with E-state index in [4.69, 9.17) is 21.4 Å². The van der Waals surface area contributed by atoms with Crippen molar-refractivity contribution >= 4 is 28.8 Å². The summed E-state index contributed by atoms with van der Waals surface area (Å²) in [6.07, 6.45) is 5.52. The van der Waals surface area contributed by atoms with E-state index in [9.17, 15) is 4.79 Å². The predicted octanol–water partition coefficient (Wildman–Crippen LogP) is 5.63. The number of halogens is 1. The number of nitrogens with zero attached hydrogens (tertiary/aromatic N) is 3. The molecule has 0 spiro atoms. The van der Waals surface area contributed by atoms with Crippen LogP contribution in [0.4, 0.5) is 4.79 Å². The van der Waals surface area contributed by atoms with Crippen LogP contribution in [0, 0.1) is 11.8 Å². The summed E-state index contributed by atoms with van der Waals surface area (Å²) in [4.78, 5) is 19.7. The average Bonchev–Trinajstić information content (AvgIpc) is 3.05. The standard InChI is InChI=1S/C21H22ClN3O3/c1-13-5-7-14(8-6-13)12-25-10-9-17-19(25)18(15-3-2-4-16(22)11-15)24-20(23-17)28-21(26)27/h2-4,9-11,13-14H,5-8,12H2,1H3,(H,26,27)/t13-,14-. The van der Waals surface area contributed by atoms with Crippen LogP contribution in [-0.2, 0) is 6.54 Å². The van der Waals surface area contributed by atoms with Crippen LogP contribution in [0.5, 0.6) is 6.01 Å². The van der Waals surface area contributed by atoms with E-state index in [0.717, 1.165) is 23.5 Å². The monoisotopic (exact) mass is 399 g/mol. The fourth-order valence-corrected chi connectivity index (χ4v) is 4.18. The van der Waals surface area contributed by atoms with Crippen molar-refractivity contribution in [3.05, 3.63) is 41.6 Å². The number of fused-ring (bicyclic) bond motifs is 1. The SMILES string of the molecule is C[C@H]1CC[C@H](Cn2ccc3nc(OC(=O)O)nc(-c4cccc(Cl)c4)c32)CC1. The molecule has 0 radical (unpaired) electrons. The third-order valence-corrected chi connectivity index (χ3v) is 5.69. The molecule has 1 aromatic carbocycles. The Labute approximate surface area is 168 Å². The van der Waals surface area contributed by atoms with Crippen LogP contribution in [0.1, 0.15) is 32.6 Å². The Morgan fingerprint density at radius 1 is 1.25 bits per heavy atom. The Hall–Kier alpha value is -2.60. The van der Waals surface area contributed by atoms with Crippen LogP contribution in [-0.4, -0.2) is 25.8 Å². The van der Waals surface area contributed by atoms with Gasteiger partial charge < -0.3 is 14.4 Å². The van der Waals surface area contributed by atoms with Gasteiger partial charge in [-0.3, -0.25) is 0 Å². The van der Waals surface area contributed by atoms with Crippen molar-refractivity contribution in [3.63, 3.8) is 0 Å². The number of rotatable bonds is 4. The number of ether oxygens (including phenoxy) is 1. The zero-order chi connectivity index (χ0) is 19.7. The van der Waals surface area contributed by atoms with E-state index in [1.165, 1.54) is 25.7 Å². The van der Waals surface area contributed by atoms with E-state index < -0.39 is 6.16 Å². The Bertz CT molecular complexity index is 1010. The molecular weight excluding hydrogens is 378 g/mol. The Kier molecular flexibility index (Phi) is 5.22. The van der Waals surface area contributed by atoms with Crippen LogP contribution < -0.4 is 4.74 Å². The van der Waals surface area contributed by atoms with E-state index in [2.05, 4.69) is 21.5 Å². The number of hydrogen-bond donors (Lipinski definition) is 1. The summed E-state index contributed by atoms with van der Waals surface area (Å²) in [7, 11) is 0. The van der Waals surface area contributed by atoms with Crippen molar-refractivity contribution in [3.8, 4) is 17.3 Å². The number of aromatic nitrogens is 3. The van der Waals surface area contributed by atoms with Crippen molar-refractivity contribution in [2.24, 2.45) is 11.8 Å². The molecule has 1 N–H and O–H groups in total. The lowest BCUT2D eigenvalue weighted by Gasteiger charge is -2.26. The van der Waals surface area contributed by atoms with Gasteiger partial charge in [-0.25, -0.2) is 4.79 Å². The summed E-state index contributed by atoms with van der Waals surface area (Å²) in [5.74, 6) is 1.42. The molecular formula is C21H22ClN3O3. The molecule has 2 aromatic heterocycles. The van der Waals surface area contributed by atoms with Crippen LogP contribution in [0.2, 0.25) is 5.02 Å². The molecule has 146 valence electrons. The molecule has 3 aromatic rings. The molecule has 1 saturated carbocycles. The lowest BCUT2D eigenvalue weighted by molar-refractivity contribution is 0.140. The minimum Gasteiger partial charge on any atom is -0.449 e. The fraction of sp³-hybridized carbons (Fsp3) is 0.381. The van der Waals surface area contributed by atoms with Crippen LogP contribution in [0.15, 0.2) is 36.5 Å². The number of benzene rings is 1. The largest absolute Gasteiger partial charge is 0.513 e. The lowest BCUT2D eigenvalue weighted by Crippen LogP contribution is -2.17. The fourth-order valence-electron chi connectivity index (χ4n) is 3.99. The first-order valence-electron chi connectivity index (χ1n) is 9.53. The van der Waals surface area contributed by atoms with Crippen molar-refractivity contribution < 1.29 is 14.6 Å². The van der Waals surface area contributed by atoms with Crippen molar-refractivity contribution in [1.82, 2.24) is 14.5 Å². The summed E-state index contributed by atoms with van der Waals surface area (Å²) in [6, 6.07) is 9.05. The molecule has 2 heterocycles. The molecule has 0 saturated heterocycles. The maximum absolute atomic E-state index is 11.0. The zero-order valence-electron chi connectivity index (χ0n) is 15.6. The van der Waals surface area contributed by atoms with Crippen LogP contribution in [0.3, 0.4) is 0 Å². The zero-order valence-corrected chi connectivity index (χ0v) is 16.4. The second-order valence-corrected chi connectivity index (χ2v) is 8.00. The molecule has 0 atom stereocenters. The second kappa shape index (κ2) is 7.80. The third-order valence-electron chi connectivity index (χ3n) is 5.46. The topological polar surface area (TPSA) is 77.2 Å². The van der Waals surface area contributed by atoms with Gasteiger partial charge in [-0.15, -0.1) is 0 Å². The molecule has 4 rings (SSSR count). The summed E-state index contributed by atoms with van der Waals surface area (Å²) >= 11 is 6.18. The van der Waals surface area contributed by atoms with Gasteiger partial charge in [0.25, 0.3) is 0 Å². The molecule has 7 heteroatoms. The maximum atomic E-state index is 11.0. The lowest BCUT2D eigenvalue weighted by atomic mass is 9.83. The highest BCUT2D eigenvalue weighted by Crippen LogP contribution is 2.33. The molecule has 1 aliphatic carbocycles. The Balaban J connectivity index is 1.78. The van der Waals surface area contributed by atoms with Gasteiger partial charge in [0.2, 0.25) is 0 Å². The van der Waals surface area contributed by atoms with Gasteiger partial charge in [-0.1, -0.05) is 43.5 Å². The van der Waals surface area contributed by atoms with Crippen LogP contribution in [0.25, 0.3) is 22.3 Å². The molecule has 1 aliphatic rings. The van der Waals surface area contributed by atoms with E-state index in [1.54, 1.807) is 6.07 Å². The van der Waals surface area contributed by atoms with Gasteiger partial charge in [-0.05, 0) is 42.9 Å². The first-order valence-corrected chi connectivity index (χ1v) is 9.91. The third kappa shape index (κ3) is 3.97. The first kappa shape index (κ1) is 18.7. The summed E-state index contributed by atoms with van der Waals surface area (Å²) in [5, 5.41) is 9.55. The Morgan fingerprint density at radius 2 is 2.04 bits per heavy atom. The van der Waals surface area contributed by atoms with Crippen LogP contribution >= 0.6 is 11.6 Å². The number of hydrogen-bond acceptors (Lipinski definition) is 4. The molecule has 0 bridgehead atoms. The highest BCUT2D eigenvalue weighted by atomic mass is 35.5. The van der Waals surface area contributed by atoms with Crippen molar-refractivity contribution in [1.29, 1.82) is 0 Å². The number of carbonyl (C=O) groups is 1. The summed E-state index contributed by atoms with van der Waals surface area (Å²) in [6.45, 7) is 3.21. The number of carboxylic acid groups (broad SMARTS) is 1. The molecule has 28 heavy (non-hydrogen) atoms. The van der Waals surface area contributed by atoms with Crippen molar-refractivity contribution in [2.75, 3.05) is 0 Å². The highest BCUT2D eigenvalue weighted by molar-refractivity contribution is 6.30. The quantitative estimate of drug-likeness (QED) is 0.575. The van der Waals surface area contributed by atoms with E-state index in [-0.39, 0.29) is 6.01 Å². The van der Waals surface area contributed by atoms with E-state index in [1.807, 2.05) is 30.5 Å². The van der Waals surface area contributed by atoms with Gasteiger partial charge in [0.1, 0.15) is 5.69 Å². The van der Waals surface area contributed by atoms with Gasteiger partial charge in [0, 0.05) is 23.3 Å². The highest BCUT2D eigenvalue weighted by Gasteiger charge is 2.21. The van der Waals surface area contributed by atoms with Gasteiger partial charge >= 0.3 is 12.2 Å². The normalized spacial score (nSPS) is 19.6. The molecule has 6 nitrogen and oxygen atoms in total. The van der Waals surface area contributed by atoms with Crippen molar-refractivity contribution in [2.45, 2.75) is 39.2 Å². The Morgan fingerprint density at radius 3 is 2.75 bits per heavy atom. The minimum atomic E-state index is -1.44. The molecule has 0 unspecified atom stereocenters. The average molecular weight is 400 g/mol. The molecule has 0 aliphatic heterocycles. The second-order valence-electron chi connectivity index (χ2n) is 7.56. The van der Waals surface area contributed by atoms with Gasteiger partial charge in [0.15, 0.2) is 0 Å². The molecule has 0 amide bonds. The summed E-state index contributed by atoms with van der Waals surface area (Å²) in [5.41, 5.74) is 2.95.